The van der Waals surface area contributed by atoms with Crippen LogP contribution in [-0.2, 0) is 9.59 Å². The molecule has 0 heterocycles. The quantitative estimate of drug-likeness (QED) is 0.353. The van der Waals surface area contributed by atoms with Crippen LogP contribution in [0.15, 0.2) is 0 Å². The van der Waals surface area contributed by atoms with E-state index in [4.69, 9.17) is 10.2 Å². The van der Waals surface area contributed by atoms with E-state index in [1.54, 1.807) is 0 Å². The summed E-state index contributed by atoms with van der Waals surface area (Å²) in [7, 11) is 0. The number of aliphatic hydroxyl groups excluding tert-OH is 1. The molecule has 1 amide bonds. The number of aliphatic carboxylic acids is 1. The van der Waals surface area contributed by atoms with E-state index in [-0.39, 0.29) is 12.4 Å². The Kier molecular flexibility index (Phi) is 6.50. The van der Waals surface area contributed by atoms with Gasteiger partial charge in [0.15, 0.2) is 0 Å². The van der Waals surface area contributed by atoms with Crippen molar-refractivity contribution in [3.05, 3.63) is 0 Å². The second kappa shape index (κ2) is 6.93. The van der Waals surface area contributed by atoms with E-state index in [9.17, 15) is 9.59 Å². The first kappa shape index (κ1) is 11.2. The van der Waals surface area contributed by atoms with Gasteiger partial charge in [-0.15, -0.1) is 0 Å². The number of hydrogen-bond donors (Lipinski definition) is 3. The van der Waals surface area contributed by atoms with Gasteiger partial charge in [0.2, 0.25) is 6.41 Å². The highest BCUT2D eigenvalue weighted by Gasteiger charge is 2.15. The summed E-state index contributed by atoms with van der Waals surface area (Å²) in [5, 5.41) is 19.1. The standard InChI is InChI=1S/C6H11NO4S/c8-1-2-12-3-5(6(10)11)7-4-9/h4-5,8H,1-3H2,(H,7,9)(H,10,11). The molecule has 5 nitrogen and oxygen atoms in total. The molecular weight excluding hydrogens is 182 g/mol. The average molecular weight is 193 g/mol. The van der Waals surface area contributed by atoms with Crippen molar-refractivity contribution in [2.24, 2.45) is 0 Å². The van der Waals surface area contributed by atoms with Gasteiger partial charge in [0.05, 0.1) is 6.61 Å². The second-order valence-corrected chi connectivity index (χ2v) is 3.12. The van der Waals surface area contributed by atoms with Gasteiger partial charge in [0.25, 0.3) is 0 Å². The number of carbonyl (C=O) groups excluding carboxylic acids is 1. The molecule has 0 aromatic heterocycles. The van der Waals surface area contributed by atoms with E-state index in [1.165, 1.54) is 11.8 Å². The third kappa shape index (κ3) is 4.97. The fourth-order valence-electron chi connectivity index (χ4n) is 0.539. The molecule has 0 aliphatic carbocycles. The maximum absolute atomic E-state index is 10.4. The molecule has 3 N–H and O–H groups in total. The first-order valence-electron chi connectivity index (χ1n) is 3.33. The third-order valence-corrected chi connectivity index (χ3v) is 2.13. The minimum Gasteiger partial charge on any atom is -0.480 e. The molecule has 70 valence electrons. The van der Waals surface area contributed by atoms with Gasteiger partial charge in [-0.05, 0) is 0 Å². The van der Waals surface area contributed by atoms with Crippen LogP contribution in [0.3, 0.4) is 0 Å². The summed E-state index contributed by atoms with van der Waals surface area (Å²) in [6.45, 7) is 0.0120. The molecule has 12 heavy (non-hydrogen) atoms. The molecule has 6 heteroatoms. The largest absolute Gasteiger partial charge is 0.480 e. The Labute approximate surface area is 74.1 Å². The molecule has 0 radical (unpaired) electrons. The molecule has 0 rings (SSSR count). The van der Waals surface area contributed by atoms with Crippen molar-refractivity contribution in [1.82, 2.24) is 5.32 Å². The highest BCUT2D eigenvalue weighted by Crippen LogP contribution is 2.01. The Morgan fingerprint density at radius 3 is 2.75 bits per heavy atom. The Bertz CT molecular complexity index is 152. The van der Waals surface area contributed by atoms with Crippen molar-refractivity contribution >= 4 is 24.1 Å². The molecule has 0 fully saturated rings. The number of thioether (sulfide) groups is 1. The Morgan fingerprint density at radius 1 is 1.67 bits per heavy atom. The minimum atomic E-state index is -1.06. The molecule has 0 aromatic rings. The van der Waals surface area contributed by atoms with Crippen molar-refractivity contribution in [1.29, 1.82) is 0 Å². The highest BCUT2D eigenvalue weighted by atomic mass is 32.2. The monoisotopic (exact) mass is 193 g/mol. The van der Waals surface area contributed by atoms with Gasteiger partial charge >= 0.3 is 5.97 Å². The van der Waals surface area contributed by atoms with Crippen LogP contribution < -0.4 is 5.32 Å². The van der Waals surface area contributed by atoms with E-state index in [2.05, 4.69) is 5.32 Å². The van der Waals surface area contributed by atoms with Crippen molar-refractivity contribution in [2.75, 3.05) is 18.1 Å². The maximum Gasteiger partial charge on any atom is 0.327 e. The summed E-state index contributed by atoms with van der Waals surface area (Å²) < 4.78 is 0. The smallest absolute Gasteiger partial charge is 0.327 e. The lowest BCUT2D eigenvalue weighted by molar-refractivity contribution is -0.139. The summed E-state index contributed by atoms with van der Waals surface area (Å²) >= 11 is 1.28. The molecule has 0 aliphatic rings. The Hall–Kier alpha value is -0.750. The number of hydrogen-bond acceptors (Lipinski definition) is 4. The van der Waals surface area contributed by atoms with Crippen LogP contribution in [0.4, 0.5) is 0 Å². The predicted octanol–water partition coefficient (Wildman–Crippen LogP) is -1.09. The number of nitrogens with one attached hydrogen (secondary N) is 1. The van der Waals surface area contributed by atoms with E-state index in [0.717, 1.165) is 0 Å². The zero-order valence-electron chi connectivity index (χ0n) is 6.40. The Morgan fingerprint density at radius 2 is 2.33 bits per heavy atom. The average Bonchev–Trinajstić information content (AvgIpc) is 2.03. The molecule has 0 aliphatic heterocycles. The lowest BCUT2D eigenvalue weighted by Gasteiger charge is -2.09. The van der Waals surface area contributed by atoms with Crippen LogP contribution in [0.1, 0.15) is 0 Å². The molecule has 1 atom stereocenters. The molecule has 1 unspecified atom stereocenters. The highest BCUT2D eigenvalue weighted by molar-refractivity contribution is 7.99. The lowest BCUT2D eigenvalue weighted by Crippen LogP contribution is -2.37. The van der Waals surface area contributed by atoms with Gasteiger partial charge in [0, 0.05) is 11.5 Å². The van der Waals surface area contributed by atoms with E-state index in [1.807, 2.05) is 0 Å². The second-order valence-electron chi connectivity index (χ2n) is 1.97. The summed E-state index contributed by atoms with van der Waals surface area (Å²) in [4.78, 5) is 20.3. The van der Waals surface area contributed by atoms with E-state index >= 15 is 0 Å². The van der Waals surface area contributed by atoms with Gasteiger partial charge in [-0.25, -0.2) is 4.79 Å². The topological polar surface area (TPSA) is 86.6 Å². The number of carbonyl (C=O) groups is 2. The van der Waals surface area contributed by atoms with Gasteiger partial charge in [-0.1, -0.05) is 0 Å². The first-order valence-corrected chi connectivity index (χ1v) is 4.49. The lowest BCUT2D eigenvalue weighted by atomic mass is 10.3. The zero-order valence-corrected chi connectivity index (χ0v) is 7.21. The fraction of sp³-hybridized carbons (Fsp3) is 0.667. The molecule has 0 saturated carbocycles. The summed E-state index contributed by atoms with van der Waals surface area (Å²) in [5.41, 5.74) is 0. The van der Waals surface area contributed by atoms with Gasteiger partial charge in [0.1, 0.15) is 6.04 Å². The van der Waals surface area contributed by atoms with Crippen LogP contribution in [0.2, 0.25) is 0 Å². The normalized spacial score (nSPS) is 12.1. The Balaban J connectivity index is 3.63. The van der Waals surface area contributed by atoms with Crippen LogP contribution in [-0.4, -0.2) is 46.7 Å². The van der Waals surface area contributed by atoms with Gasteiger partial charge < -0.3 is 15.5 Å². The van der Waals surface area contributed by atoms with Crippen LogP contribution >= 0.6 is 11.8 Å². The van der Waals surface area contributed by atoms with Crippen molar-refractivity contribution in [3.63, 3.8) is 0 Å². The van der Waals surface area contributed by atoms with Crippen molar-refractivity contribution in [2.45, 2.75) is 6.04 Å². The van der Waals surface area contributed by atoms with E-state index in [0.29, 0.717) is 12.2 Å². The number of amides is 1. The zero-order chi connectivity index (χ0) is 9.40. The van der Waals surface area contributed by atoms with E-state index < -0.39 is 12.0 Å². The molecule has 0 spiro atoms. The third-order valence-electron chi connectivity index (χ3n) is 1.09. The SMILES string of the molecule is O=CNC(CSCCO)C(=O)O. The minimum absolute atomic E-state index is 0.0120. The van der Waals surface area contributed by atoms with Crippen LogP contribution in [0.25, 0.3) is 0 Å². The van der Waals surface area contributed by atoms with Crippen molar-refractivity contribution in [3.8, 4) is 0 Å². The number of aliphatic hydroxyl groups is 1. The summed E-state index contributed by atoms with van der Waals surface area (Å²) in [6.07, 6.45) is 0.359. The number of carboxylic acid groups (broad SMARTS) is 1. The van der Waals surface area contributed by atoms with Crippen LogP contribution in [0.5, 0.6) is 0 Å². The van der Waals surface area contributed by atoms with Crippen molar-refractivity contribution < 1.29 is 19.8 Å². The molecule has 0 saturated heterocycles. The predicted molar refractivity (Wildman–Crippen MR) is 45.0 cm³/mol. The van der Waals surface area contributed by atoms with Gasteiger partial charge in [-0.2, -0.15) is 11.8 Å². The maximum atomic E-state index is 10.4. The molecular formula is C6H11NO4S. The van der Waals surface area contributed by atoms with Crippen LogP contribution in [0, 0.1) is 0 Å². The first-order chi connectivity index (χ1) is 5.72. The van der Waals surface area contributed by atoms with Gasteiger partial charge in [-0.3, -0.25) is 4.79 Å². The number of rotatable bonds is 7. The number of carboxylic acids is 1. The summed E-state index contributed by atoms with van der Waals surface area (Å²) in [5.74, 6) is -0.314. The molecule has 0 bridgehead atoms. The fourth-order valence-corrected chi connectivity index (χ4v) is 1.31. The summed E-state index contributed by atoms with van der Waals surface area (Å²) in [6, 6.07) is -0.862. The molecule has 0 aromatic carbocycles.